The highest BCUT2D eigenvalue weighted by molar-refractivity contribution is 6.00. The summed E-state index contributed by atoms with van der Waals surface area (Å²) in [5.41, 5.74) is 3.30. The Bertz CT molecular complexity index is 590. The lowest BCUT2D eigenvalue weighted by molar-refractivity contribution is 0.0994. The molecule has 0 atom stereocenters. The first-order valence-electron chi connectivity index (χ1n) is 7.88. The Kier molecular flexibility index (Phi) is 4.16. The molecule has 0 aromatic heterocycles. The van der Waals surface area contributed by atoms with Crippen molar-refractivity contribution in [2.75, 3.05) is 40.3 Å². The maximum atomic E-state index is 11.9. The van der Waals surface area contributed by atoms with E-state index in [4.69, 9.17) is 0 Å². The van der Waals surface area contributed by atoms with Crippen molar-refractivity contribution >= 4 is 11.8 Å². The van der Waals surface area contributed by atoms with E-state index in [1.807, 2.05) is 4.90 Å². The van der Waals surface area contributed by atoms with Crippen molar-refractivity contribution in [1.29, 1.82) is 0 Å². The SMILES string of the molecule is CN(C)C(=O)N1CCN(Cc2ccc3c(c2)C(=O)CC3)CC1. The summed E-state index contributed by atoms with van der Waals surface area (Å²) in [4.78, 5) is 29.6. The third kappa shape index (κ3) is 2.99. The average molecular weight is 301 g/mol. The third-order valence-corrected chi connectivity index (χ3v) is 4.53. The Morgan fingerprint density at radius 1 is 1.14 bits per heavy atom. The zero-order valence-electron chi connectivity index (χ0n) is 13.3. The van der Waals surface area contributed by atoms with E-state index in [-0.39, 0.29) is 11.8 Å². The molecule has 0 bridgehead atoms. The van der Waals surface area contributed by atoms with Crippen LogP contribution in [0, 0.1) is 0 Å². The normalized spacial score (nSPS) is 18.5. The van der Waals surface area contributed by atoms with Gasteiger partial charge < -0.3 is 9.80 Å². The molecule has 1 aromatic carbocycles. The number of amides is 2. The highest BCUT2D eigenvalue weighted by Gasteiger charge is 2.23. The Hall–Kier alpha value is -1.88. The lowest BCUT2D eigenvalue weighted by Crippen LogP contribution is -2.51. The van der Waals surface area contributed by atoms with Gasteiger partial charge in [-0.15, -0.1) is 0 Å². The summed E-state index contributed by atoms with van der Waals surface area (Å²) in [6.07, 6.45) is 1.55. The van der Waals surface area contributed by atoms with Gasteiger partial charge in [-0.3, -0.25) is 9.69 Å². The molecule has 1 heterocycles. The summed E-state index contributed by atoms with van der Waals surface area (Å²) in [6.45, 7) is 4.14. The maximum absolute atomic E-state index is 11.9. The van der Waals surface area contributed by atoms with Crippen LogP contribution in [0.15, 0.2) is 18.2 Å². The molecule has 1 aliphatic carbocycles. The zero-order valence-corrected chi connectivity index (χ0v) is 13.3. The van der Waals surface area contributed by atoms with E-state index in [2.05, 4.69) is 23.1 Å². The van der Waals surface area contributed by atoms with Gasteiger partial charge in [-0.2, -0.15) is 0 Å². The minimum atomic E-state index is 0.0859. The number of carbonyl (C=O) groups excluding carboxylic acids is 2. The number of hydrogen-bond donors (Lipinski definition) is 0. The molecule has 0 unspecified atom stereocenters. The van der Waals surface area contributed by atoms with Crippen LogP contribution in [-0.4, -0.2) is 66.8 Å². The third-order valence-electron chi connectivity index (χ3n) is 4.53. The van der Waals surface area contributed by atoms with E-state index in [1.165, 1.54) is 11.1 Å². The number of urea groups is 1. The number of nitrogens with zero attached hydrogens (tertiary/aromatic N) is 3. The van der Waals surface area contributed by atoms with Crippen LogP contribution in [0.2, 0.25) is 0 Å². The summed E-state index contributed by atoms with van der Waals surface area (Å²) in [7, 11) is 3.58. The van der Waals surface area contributed by atoms with Crippen molar-refractivity contribution in [2.45, 2.75) is 19.4 Å². The van der Waals surface area contributed by atoms with E-state index >= 15 is 0 Å². The molecule has 1 aromatic rings. The predicted octanol–water partition coefficient (Wildman–Crippen LogP) is 1.61. The lowest BCUT2D eigenvalue weighted by atomic mass is 10.1. The number of benzene rings is 1. The van der Waals surface area contributed by atoms with Gasteiger partial charge in [-0.1, -0.05) is 12.1 Å². The first-order chi connectivity index (χ1) is 10.5. The maximum Gasteiger partial charge on any atom is 0.319 e. The fourth-order valence-corrected chi connectivity index (χ4v) is 3.22. The van der Waals surface area contributed by atoms with Crippen molar-refractivity contribution in [3.63, 3.8) is 0 Å². The molecule has 2 amide bonds. The van der Waals surface area contributed by atoms with Crippen LogP contribution in [-0.2, 0) is 13.0 Å². The molecule has 118 valence electrons. The van der Waals surface area contributed by atoms with E-state index in [0.29, 0.717) is 6.42 Å². The Morgan fingerprint density at radius 3 is 2.55 bits per heavy atom. The van der Waals surface area contributed by atoms with Crippen molar-refractivity contribution in [2.24, 2.45) is 0 Å². The molecular formula is C17H23N3O2. The number of Topliss-reactive ketones (excluding diaryl/α,β-unsaturated/α-hetero) is 1. The van der Waals surface area contributed by atoms with Crippen molar-refractivity contribution in [3.05, 3.63) is 34.9 Å². The first kappa shape index (κ1) is 15.0. The molecule has 1 saturated heterocycles. The monoisotopic (exact) mass is 301 g/mol. The number of aryl methyl sites for hydroxylation is 1. The van der Waals surface area contributed by atoms with Crippen LogP contribution in [0.25, 0.3) is 0 Å². The topological polar surface area (TPSA) is 43.9 Å². The highest BCUT2D eigenvalue weighted by Crippen LogP contribution is 2.23. The lowest BCUT2D eigenvalue weighted by Gasteiger charge is -2.36. The highest BCUT2D eigenvalue weighted by atomic mass is 16.2. The zero-order chi connectivity index (χ0) is 15.7. The molecule has 1 aliphatic heterocycles. The van der Waals surface area contributed by atoms with Gasteiger partial charge in [-0.25, -0.2) is 4.79 Å². The minimum absolute atomic E-state index is 0.0859. The van der Waals surface area contributed by atoms with Crippen molar-refractivity contribution in [3.8, 4) is 0 Å². The molecule has 2 aliphatic rings. The van der Waals surface area contributed by atoms with Gasteiger partial charge in [0.1, 0.15) is 0 Å². The summed E-state index contributed by atoms with van der Waals surface area (Å²) < 4.78 is 0. The van der Waals surface area contributed by atoms with E-state index in [0.717, 1.165) is 44.7 Å². The molecule has 5 heteroatoms. The van der Waals surface area contributed by atoms with Crippen LogP contribution in [0.5, 0.6) is 0 Å². The number of hydrogen-bond acceptors (Lipinski definition) is 3. The first-order valence-corrected chi connectivity index (χ1v) is 7.88. The second kappa shape index (κ2) is 6.08. The number of carbonyl (C=O) groups is 2. The standard InChI is InChI=1S/C17H23N3O2/c1-18(2)17(22)20-9-7-19(8-10-20)12-13-3-4-14-5-6-16(21)15(14)11-13/h3-4,11H,5-10,12H2,1-2H3. The van der Waals surface area contributed by atoms with Crippen molar-refractivity contribution in [1.82, 2.24) is 14.7 Å². The summed E-state index contributed by atoms with van der Waals surface area (Å²) in [5.74, 6) is 0.276. The molecule has 22 heavy (non-hydrogen) atoms. The predicted molar refractivity (Wildman–Crippen MR) is 85.0 cm³/mol. The molecule has 0 spiro atoms. The van der Waals surface area contributed by atoms with Crippen LogP contribution >= 0.6 is 0 Å². The van der Waals surface area contributed by atoms with Gasteiger partial charge in [-0.05, 0) is 23.6 Å². The molecule has 1 fully saturated rings. The van der Waals surface area contributed by atoms with Gasteiger partial charge in [0.25, 0.3) is 0 Å². The van der Waals surface area contributed by atoms with Crippen LogP contribution in [0.4, 0.5) is 4.79 Å². The number of fused-ring (bicyclic) bond motifs is 1. The Balaban J connectivity index is 1.58. The van der Waals surface area contributed by atoms with E-state index < -0.39 is 0 Å². The largest absolute Gasteiger partial charge is 0.331 e. The molecule has 5 nitrogen and oxygen atoms in total. The summed E-state index contributed by atoms with van der Waals surface area (Å²) in [5, 5.41) is 0. The number of piperazine rings is 1. The van der Waals surface area contributed by atoms with Gasteiger partial charge in [0.15, 0.2) is 5.78 Å². The van der Waals surface area contributed by atoms with E-state index in [1.54, 1.807) is 19.0 Å². The molecule has 3 rings (SSSR count). The second-order valence-electron chi connectivity index (χ2n) is 6.35. The smallest absolute Gasteiger partial charge is 0.319 e. The van der Waals surface area contributed by atoms with Gasteiger partial charge in [0, 0.05) is 58.8 Å². The van der Waals surface area contributed by atoms with E-state index in [9.17, 15) is 9.59 Å². The summed E-state index contributed by atoms with van der Waals surface area (Å²) in [6, 6.07) is 6.38. The quantitative estimate of drug-likeness (QED) is 0.833. The fourth-order valence-electron chi connectivity index (χ4n) is 3.22. The van der Waals surface area contributed by atoms with Crippen LogP contribution in [0.1, 0.15) is 27.9 Å². The number of ketones is 1. The van der Waals surface area contributed by atoms with Crippen LogP contribution in [0.3, 0.4) is 0 Å². The van der Waals surface area contributed by atoms with Gasteiger partial charge in [0.05, 0.1) is 0 Å². The second-order valence-corrected chi connectivity index (χ2v) is 6.35. The van der Waals surface area contributed by atoms with Crippen LogP contribution < -0.4 is 0 Å². The van der Waals surface area contributed by atoms with Crippen molar-refractivity contribution < 1.29 is 9.59 Å². The average Bonchev–Trinajstić information content (AvgIpc) is 2.88. The van der Waals surface area contributed by atoms with Gasteiger partial charge >= 0.3 is 6.03 Å². The molecular weight excluding hydrogens is 278 g/mol. The van der Waals surface area contributed by atoms with Gasteiger partial charge in [0.2, 0.25) is 0 Å². The Labute approximate surface area is 131 Å². The minimum Gasteiger partial charge on any atom is -0.331 e. The molecule has 0 N–H and O–H groups in total. The Morgan fingerprint density at radius 2 is 1.86 bits per heavy atom. The number of rotatable bonds is 2. The molecule has 0 radical (unpaired) electrons. The molecule has 0 saturated carbocycles. The summed E-state index contributed by atoms with van der Waals surface area (Å²) >= 11 is 0. The fraction of sp³-hybridized carbons (Fsp3) is 0.529.